The molecule has 0 bridgehead atoms. The number of aromatic nitrogens is 5. The lowest BCUT2D eigenvalue weighted by Gasteiger charge is -2.05. The third-order valence-electron chi connectivity index (χ3n) is 2.61. The molecular weight excluding hydrogens is 336 g/mol. The van der Waals surface area contributed by atoms with Crippen molar-refractivity contribution in [1.82, 2.24) is 24.7 Å². The molecule has 0 aliphatic rings. The Kier molecular flexibility index (Phi) is 3.69. The largest absolute Gasteiger partial charge is 0.319 e. The van der Waals surface area contributed by atoms with Crippen molar-refractivity contribution in [2.45, 2.75) is 0 Å². The monoisotopic (exact) mass is 344 g/mol. The van der Waals surface area contributed by atoms with E-state index in [4.69, 9.17) is 0 Å². The van der Waals surface area contributed by atoms with E-state index in [2.05, 4.69) is 41.3 Å². The van der Waals surface area contributed by atoms with E-state index < -0.39 is 0 Å². The van der Waals surface area contributed by atoms with Crippen molar-refractivity contribution in [3.63, 3.8) is 0 Å². The van der Waals surface area contributed by atoms with Crippen LogP contribution < -0.4 is 5.32 Å². The van der Waals surface area contributed by atoms with E-state index in [1.807, 2.05) is 0 Å². The Morgan fingerprint density at radius 3 is 2.81 bits per heavy atom. The summed E-state index contributed by atoms with van der Waals surface area (Å²) >= 11 is 3.23. The maximum Gasteiger partial charge on any atom is 0.274 e. The van der Waals surface area contributed by atoms with Crippen LogP contribution in [0.1, 0.15) is 10.5 Å². The molecule has 0 saturated heterocycles. The number of halogens is 1. The maximum atomic E-state index is 12.0. The normalized spacial score (nSPS) is 10.3. The smallest absolute Gasteiger partial charge is 0.274 e. The van der Waals surface area contributed by atoms with Gasteiger partial charge in [0.15, 0.2) is 5.82 Å². The predicted octanol–water partition coefficient (Wildman–Crippen LogP) is 2.07. The Hall–Kier alpha value is -2.61. The van der Waals surface area contributed by atoms with Gasteiger partial charge < -0.3 is 5.32 Å². The zero-order chi connectivity index (χ0) is 14.7. The fraction of sp³-hybridized carbons (Fsp3) is 0. The summed E-state index contributed by atoms with van der Waals surface area (Å²) in [7, 11) is 0. The highest BCUT2D eigenvalue weighted by Gasteiger charge is 2.08. The van der Waals surface area contributed by atoms with Crippen LogP contribution in [0.2, 0.25) is 0 Å². The van der Waals surface area contributed by atoms with Gasteiger partial charge in [-0.15, -0.1) is 0 Å². The van der Waals surface area contributed by atoms with Gasteiger partial charge in [0.1, 0.15) is 23.0 Å². The first-order chi connectivity index (χ1) is 10.2. The highest BCUT2D eigenvalue weighted by molar-refractivity contribution is 9.10. The summed E-state index contributed by atoms with van der Waals surface area (Å²) in [5.74, 6) is 0.317. The average Bonchev–Trinajstić information content (AvgIpc) is 3.02. The number of carbonyl (C=O) groups is 1. The Morgan fingerprint density at radius 1 is 1.24 bits per heavy atom. The maximum absolute atomic E-state index is 12.0. The molecule has 0 radical (unpaired) electrons. The van der Waals surface area contributed by atoms with Gasteiger partial charge in [0.25, 0.3) is 5.91 Å². The highest BCUT2D eigenvalue weighted by Crippen LogP contribution is 2.11. The number of carbonyl (C=O) groups excluding carboxylic acids is 1. The number of pyridine rings is 2. The summed E-state index contributed by atoms with van der Waals surface area (Å²) in [5, 5.41) is 6.70. The van der Waals surface area contributed by atoms with Gasteiger partial charge in [0, 0.05) is 0 Å². The molecule has 0 aliphatic heterocycles. The van der Waals surface area contributed by atoms with Crippen LogP contribution in [0.3, 0.4) is 0 Å². The van der Waals surface area contributed by atoms with E-state index in [0.717, 1.165) is 0 Å². The molecule has 0 atom stereocenters. The molecule has 3 aromatic rings. The first-order valence-electron chi connectivity index (χ1n) is 5.97. The van der Waals surface area contributed by atoms with Crippen LogP contribution in [0, 0.1) is 0 Å². The molecule has 3 rings (SSSR count). The van der Waals surface area contributed by atoms with E-state index in [-0.39, 0.29) is 5.91 Å². The number of hydrogen-bond acceptors (Lipinski definition) is 5. The van der Waals surface area contributed by atoms with E-state index in [1.54, 1.807) is 42.9 Å². The molecule has 0 fully saturated rings. The minimum atomic E-state index is -0.299. The molecule has 0 unspecified atom stereocenters. The summed E-state index contributed by atoms with van der Waals surface area (Å²) in [6.07, 6.45) is 4.52. The Balaban J connectivity index is 1.75. The van der Waals surface area contributed by atoms with Crippen LogP contribution in [0.5, 0.6) is 0 Å². The lowest BCUT2D eigenvalue weighted by atomic mass is 10.3. The molecule has 3 heterocycles. The summed E-state index contributed by atoms with van der Waals surface area (Å²) in [5.41, 5.74) is 0.898. The summed E-state index contributed by atoms with van der Waals surface area (Å²) < 4.78 is 2.14. The summed E-state index contributed by atoms with van der Waals surface area (Å²) in [4.78, 5) is 24.2. The van der Waals surface area contributed by atoms with Gasteiger partial charge >= 0.3 is 0 Å². The van der Waals surface area contributed by atoms with Gasteiger partial charge in [-0.25, -0.2) is 19.6 Å². The number of amides is 1. The molecule has 1 N–H and O–H groups in total. The molecule has 21 heavy (non-hydrogen) atoms. The fourth-order valence-electron chi connectivity index (χ4n) is 1.65. The summed E-state index contributed by atoms with van der Waals surface area (Å²) in [6.45, 7) is 0. The van der Waals surface area contributed by atoms with Gasteiger partial charge in [0.2, 0.25) is 0 Å². The third-order valence-corrected chi connectivity index (χ3v) is 3.05. The van der Waals surface area contributed by atoms with Crippen LogP contribution in [0.15, 0.2) is 53.8 Å². The lowest BCUT2D eigenvalue weighted by Crippen LogP contribution is -2.14. The molecule has 7 nitrogen and oxygen atoms in total. The first kappa shape index (κ1) is 13.4. The average molecular weight is 345 g/mol. The van der Waals surface area contributed by atoms with E-state index in [9.17, 15) is 4.79 Å². The van der Waals surface area contributed by atoms with Crippen LogP contribution in [0.25, 0.3) is 5.82 Å². The second kappa shape index (κ2) is 5.80. The van der Waals surface area contributed by atoms with Gasteiger partial charge in [-0.1, -0.05) is 6.07 Å². The number of anilines is 1. The number of rotatable bonds is 3. The van der Waals surface area contributed by atoms with Gasteiger partial charge in [-0.05, 0) is 40.2 Å². The van der Waals surface area contributed by atoms with Crippen molar-refractivity contribution < 1.29 is 4.79 Å². The Bertz CT molecular complexity index is 757. The molecule has 104 valence electrons. The number of nitrogens with zero attached hydrogens (tertiary/aromatic N) is 5. The van der Waals surface area contributed by atoms with Gasteiger partial charge in [-0.3, -0.25) is 4.79 Å². The minimum Gasteiger partial charge on any atom is -0.319 e. The van der Waals surface area contributed by atoms with Crippen molar-refractivity contribution in [1.29, 1.82) is 0 Å². The second-order valence-electron chi connectivity index (χ2n) is 4.04. The van der Waals surface area contributed by atoms with Crippen LogP contribution in [0.4, 0.5) is 5.69 Å². The fourth-order valence-corrected chi connectivity index (χ4v) is 2.00. The first-order valence-corrected chi connectivity index (χ1v) is 6.76. The predicted molar refractivity (Wildman–Crippen MR) is 79.0 cm³/mol. The van der Waals surface area contributed by atoms with E-state index in [1.165, 1.54) is 11.0 Å². The molecule has 0 spiro atoms. The zero-order valence-corrected chi connectivity index (χ0v) is 12.2. The van der Waals surface area contributed by atoms with Crippen molar-refractivity contribution >= 4 is 27.5 Å². The zero-order valence-electron chi connectivity index (χ0n) is 10.6. The van der Waals surface area contributed by atoms with Crippen molar-refractivity contribution in [2.75, 3.05) is 5.32 Å². The quantitative estimate of drug-likeness (QED) is 0.735. The molecule has 0 aliphatic carbocycles. The Labute approximate surface area is 128 Å². The second-order valence-corrected chi connectivity index (χ2v) is 4.86. The van der Waals surface area contributed by atoms with Gasteiger partial charge in [-0.2, -0.15) is 5.10 Å². The van der Waals surface area contributed by atoms with Crippen molar-refractivity contribution in [3.8, 4) is 5.82 Å². The SMILES string of the molecule is O=C(Nc1ccc(-n2cncn2)nc1)c1cccc(Br)n1. The van der Waals surface area contributed by atoms with Crippen molar-refractivity contribution in [3.05, 3.63) is 59.5 Å². The summed E-state index contributed by atoms with van der Waals surface area (Å²) in [6, 6.07) is 8.61. The van der Waals surface area contributed by atoms with Crippen LogP contribution in [-0.2, 0) is 0 Å². The molecule has 1 amide bonds. The third kappa shape index (κ3) is 3.11. The topological polar surface area (TPSA) is 85.6 Å². The molecular formula is C13H9BrN6O. The molecule has 8 heteroatoms. The van der Waals surface area contributed by atoms with Crippen molar-refractivity contribution in [2.24, 2.45) is 0 Å². The molecule has 0 aromatic carbocycles. The Morgan fingerprint density at radius 2 is 2.14 bits per heavy atom. The molecule has 3 aromatic heterocycles. The van der Waals surface area contributed by atoms with E-state index in [0.29, 0.717) is 21.8 Å². The van der Waals surface area contributed by atoms with Crippen LogP contribution >= 0.6 is 15.9 Å². The standard InChI is InChI=1S/C13H9BrN6O/c14-11-3-1-2-10(19-11)13(21)18-9-4-5-12(16-6-9)20-8-15-7-17-20/h1-8H,(H,18,21). The highest BCUT2D eigenvalue weighted by atomic mass is 79.9. The van der Waals surface area contributed by atoms with Gasteiger partial charge in [0.05, 0.1) is 11.9 Å². The number of nitrogens with one attached hydrogen (secondary N) is 1. The minimum absolute atomic E-state index is 0.299. The lowest BCUT2D eigenvalue weighted by molar-refractivity contribution is 0.102. The number of hydrogen-bond donors (Lipinski definition) is 1. The van der Waals surface area contributed by atoms with E-state index >= 15 is 0 Å². The van der Waals surface area contributed by atoms with Crippen LogP contribution in [-0.4, -0.2) is 30.6 Å². The molecule has 0 saturated carbocycles.